The number of hydrogen-bond donors (Lipinski definition) is 0. The Hall–Kier alpha value is -3.15. The molecule has 6 nitrogen and oxygen atoms in total. The summed E-state index contributed by atoms with van der Waals surface area (Å²) in [5.74, 6) is -0.221. The van der Waals surface area contributed by atoms with Gasteiger partial charge < -0.3 is 9.47 Å². The topological polar surface area (TPSA) is 72.9 Å². The smallest absolute Gasteiger partial charge is 0.410 e. The highest BCUT2D eigenvalue weighted by Gasteiger charge is 2.36. The fourth-order valence-corrected chi connectivity index (χ4v) is 4.73. The molecule has 1 saturated heterocycles. The molecule has 1 aliphatic carbocycles. The number of amides is 1. The number of benzene rings is 2. The fourth-order valence-electron chi connectivity index (χ4n) is 4.73. The molecule has 1 atom stereocenters. The van der Waals surface area contributed by atoms with E-state index in [4.69, 9.17) is 9.47 Å². The summed E-state index contributed by atoms with van der Waals surface area (Å²) in [5, 5.41) is 0. The Morgan fingerprint density at radius 2 is 1.55 bits per heavy atom. The van der Waals surface area contributed by atoms with Gasteiger partial charge in [0.15, 0.2) is 12.4 Å². The summed E-state index contributed by atoms with van der Waals surface area (Å²) < 4.78 is 10.7. The van der Waals surface area contributed by atoms with Gasteiger partial charge in [0.1, 0.15) is 12.6 Å². The number of nitrogens with zero attached hydrogens (tertiary/aromatic N) is 1. The van der Waals surface area contributed by atoms with Crippen LogP contribution >= 0.6 is 0 Å². The average molecular weight is 450 g/mol. The first kappa shape index (κ1) is 23.0. The van der Waals surface area contributed by atoms with E-state index in [0.717, 1.165) is 5.56 Å². The molecule has 0 N–H and O–H groups in total. The van der Waals surface area contributed by atoms with Crippen LogP contribution in [0.3, 0.4) is 0 Å². The van der Waals surface area contributed by atoms with Crippen LogP contribution in [0.2, 0.25) is 0 Å². The lowest BCUT2D eigenvalue weighted by molar-refractivity contribution is -0.147. The normalized spacial score (nSPS) is 18.7. The van der Waals surface area contributed by atoms with Gasteiger partial charge in [0, 0.05) is 12.1 Å². The van der Waals surface area contributed by atoms with Crippen molar-refractivity contribution in [3.63, 3.8) is 0 Å². The van der Waals surface area contributed by atoms with Crippen LogP contribution in [0, 0.1) is 0 Å². The van der Waals surface area contributed by atoms with Crippen molar-refractivity contribution in [1.82, 2.24) is 4.90 Å². The Labute approximate surface area is 194 Å². The first-order chi connectivity index (χ1) is 16.1. The summed E-state index contributed by atoms with van der Waals surface area (Å²) in [7, 11) is 0. The van der Waals surface area contributed by atoms with Crippen molar-refractivity contribution in [2.24, 2.45) is 0 Å². The van der Waals surface area contributed by atoms with Gasteiger partial charge >= 0.3 is 12.1 Å². The molecule has 1 heterocycles. The zero-order valence-corrected chi connectivity index (χ0v) is 18.9. The Morgan fingerprint density at radius 1 is 0.818 bits per heavy atom. The molecule has 1 saturated carbocycles. The summed E-state index contributed by atoms with van der Waals surface area (Å²) >= 11 is 0. The number of likely N-dealkylation sites (tertiary alicyclic amines) is 1. The third kappa shape index (κ3) is 6.01. The maximum absolute atomic E-state index is 12.6. The van der Waals surface area contributed by atoms with Gasteiger partial charge in [0.05, 0.1) is 0 Å². The minimum Gasteiger partial charge on any atom is -0.456 e. The molecule has 4 rings (SSSR count). The lowest BCUT2D eigenvalue weighted by atomic mass is 9.84. The maximum atomic E-state index is 12.6. The Morgan fingerprint density at radius 3 is 2.27 bits per heavy atom. The number of carbonyl (C=O) groups excluding carboxylic acids is 3. The zero-order chi connectivity index (χ0) is 23.0. The molecule has 174 valence electrons. The largest absolute Gasteiger partial charge is 0.456 e. The minimum atomic E-state index is -0.713. The number of rotatable bonds is 7. The lowest BCUT2D eigenvalue weighted by Crippen LogP contribution is -2.42. The van der Waals surface area contributed by atoms with E-state index >= 15 is 0 Å². The van der Waals surface area contributed by atoms with Crippen LogP contribution in [0.4, 0.5) is 4.79 Å². The predicted octanol–water partition coefficient (Wildman–Crippen LogP) is 5.26. The molecule has 0 unspecified atom stereocenters. The zero-order valence-electron chi connectivity index (χ0n) is 18.9. The Bertz CT molecular complexity index is 950. The second kappa shape index (κ2) is 11.1. The lowest BCUT2D eigenvalue weighted by Gasteiger charge is -2.22. The van der Waals surface area contributed by atoms with Crippen molar-refractivity contribution < 1.29 is 23.9 Å². The van der Waals surface area contributed by atoms with Crippen molar-refractivity contribution in [3.05, 3.63) is 71.3 Å². The van der Waals surface area contributed by atoms with Gasteiger partial charge in [-0.3, -0.25) is 9.69 Å². The van der Waals surface area contributed by atoms with E-state index in [2.05, 4.69) is 0 Å². The highest BCUT2D eigenvalue weighted by molar-refractivity contribution is 5.98. The monoisotopic (exact) mass is 449 g/mol. The van der Waals surface area contributed by atoms with Crippen LogP contribution in [-0.2, 0) is 20.9 Å². The fraction of sp³-hybridized carbons (Fsp3) is 0.444. The van der Waals surface area contributed by atoms with Crippen LogP contribution in [0.25, 0.3) is 0 Å². The van der Waals surface area contributed by atoms with Crippen LogP contribution in [0.5, 0.6) is 0 Å². The Balaban J connectivity index is 1.26. The number of carbonyl (C=O) groups is 3. The molecule has 33 heavy (non-hydrogen) atoms. The molecule has 0 radical (unpaired) electrons. The summed E-state index contributed by atoms with van der Waals surface area (Å²) in [6.45, 7) is 0.252. The first-order valence-corrected chi connectivity index (χ1v) is 11.9. The van der Waals surface area contributed by atoms with Crippen molar-refractivity contribution in [3.8, 4) is 0 Å². The van der Waals surface area contributed by atoms with E-state index < -0.39 is 18.1 Å². The molecule has 2 fully saturated rings. The van der Waals surface area contributed by atoms with E-state index in [9.17, 15) is 14.4 Å². The van der Waals surface area contributed by atoms with E-state index in [1.54, 1.807) is 0 Å². The highest BCUT2D eigenvalue weighted by Crippen LogP contribution is 2.32. The van der Waals surface area contributed by atoms with Gasteiger partial charge in [-0.15, -0.1) is 0 Å². The highest BCUT2D eigenvalue weighted by atomic mass is 16.6. The molecule has 2 aliphatic rings. The molecule has 0 spiro atoms. The number of hydrogen-bond acceptors (Lipinski definition) is 5. The van der Waals surface area contributed by atoms with Gasteiger partial charge in [-0.1, -0.05) is 73.9 Å². The van der Waals surface area contributed by atoms with Crippen LogP contribution in [-0.4, -0.2) is 41.9 Å². The molecule has 2 aromatic rings. The van der Waals surface area contributed by atoms with Crippen LogP contribution in [0.15, 0.2) is 54.6 Å². The van der Waals surface area contributed by atoms with Gasteiger partial charge in [-0.25, -0.2) is 9.59 Å². The third-order valence-corrected chi connectivity index (χ3v) is 6.62. The molecule has 1 aliphatic heterocycles. The summed E-state index contributed by atoms with van der Waals surface area (Å²) in [5.41, 5.74) is 2.69. The third-order valence-electron chi connectivity index (χ3n) is 6.62. The number of Topliss-reactive ketones (excluding diaryl/α,β-unsaturated/α-hetero) is 1. The SMILES string of the molecule is O=C(COC(=O)[C@H]1CCCN1C(=O)OCc1ccccc1)c1ccc(C2CCCCC2)cc1. The maximum Gasteiger partial charge on any atom is 0.410 e. The van der Waals surface area contributed by atoms with Crippen molar-refractivity contribution in [2.75, 3.05) is 13.2 Å². The summed E-state index contributed by atoms with van der Waals surface area (Å²) in [4.78, 5) is 39.0. The molecule has 1 amide bonds. The number of ketones is 1. The van der Waals surface area contributed by atoms with E-state index in [-0.39, 0.29) is 19.0 Å². The molecular formula is C27H31NO5. The quantitative estimate of drug-likeness (QED) is 0.426. The van der Waals surface area contributed by atoms with Gasteiger partial charge in [-0.2, -0.15) is 0 Å². The minimum absolute atomic E-state index is 0.146. The molecular weight excluding hydrogens is 418 g/mol. The first-order valence-electron chi connectivity index (χ1n) is 11.9. The van der Waals surface area contributed by atoms with Gasteiger partial charge in [-0.05, 0) is 42.7 Å². The molecule has 6 heteroatoms. The number of ether oxygens (including phenoxy) is 2. The second-order valence-corrected chi connectivity index (χ2v) is 8.88. The van der Waals surface area contributed by atoms with E-state index in [0.29, 0.717) is 30.9 Å². The van der Waals surface area contributed by atoms with Crippen LogP contribution < -0.4 is 0 Å². The average Bonchev–Trinajstić information content (AvgIpc) is 3.37. The second-order valence-electron chi connectivity index (χ2n) is 8.88. The predicted molar refractivity (Wildman–Crippen MR) is 124 cm³/mol. The van der Waals surface area contributed by atoms with Crippen LogP contribution in [0.1, 0.15) is 72.3 Å². The Kier molecular flexibility index (Phi) is 7.76. The van der Waals surface area contributed by atoms with Crippen molar-refractivity contribution >= 4 is 17.8 Å². The molecule has 0 aromatic heterocycles. The van der Waals surface area contributed by atoms with E-state index in [1.807, 2.05) is 54.6 Å². The van der Waals surface area contributed by atoms with Gasteiger partial charge in [0.25, 0.3) is 0 Å². The number of esters is 1. The molecule has 2 aromatic carbocycles. The standard InChI is InChI=1S/C27H31NO5/c29-25(23-15-13-22(14-16-23)21-10-5-2-6-11-21)19-32-26(30)24-12-7-17-28(24)27(31)33-18-20-8-3-1-4-9-20/h1,3-4,8-9,13-16,21,24H,2,5-7,10-12,17-19H2/t24-/m1/s1. The van der Waals surface area contributed by atoms with Crippen molar-refractivity contribution in [2.45, 2.75) is 63.5 Å². The summed E-state index contributed by atoms with van der Waals surface area (Å²) in [6.07, 6.45) is 6.90. The summed E-state index contributed by atoms with van der Waals surface area (Å²) in [6, 6.07) is 16.4. The molecule has 0 bridgehead atoms. The van der Waals surface area contributed by atoms with E-state index in [1.165, 1.54) is 42.6 Å². The van der Waals surface area contributed by atoms with Gasteiger partial charge in [0.2, 0.25) is 0 Å². The van der Waals surface area contributed by atoms with Crippen molar-refractivity contribution in [1.29, 1.82) is 0 Å².